The first-order valence-corrected chi connectivity index (χ1v) is 6.14. The molecular formula is C12H16Cl2FN. The summed E-state index contributed by atoms with van der Waals surface area (Å²) >= 11 is 11.8. The summed E-state index contributed by atoms with van der Waals surface area (Å²) < 4.78 is 12.9. The van der Waals surface area contributed by atoms with Crippen molar-refractivity contribution in [3.63, 3.8) is 0 Å². The van der Waals surface area contributed by atoms with Crippen molar-refractivity contribution < 1.29 is 4.39 Å². The molecule has 0 aliphatic rings. The van der Waals surface area contributed by atoms with Crippen LogP contribution in [0.15, 0.2) is 12.1 Å². The van der Waals surface area contributed by atoms with Gasteiger partial charge in [-0.3, -0.25) is 0 Å². The smallest absolute Gasteiger partial charge is 0.126 e. The van der Waals surface area contributed by atoms with Gasteiger partial charge in [0, 0.05) is 6.54 Å². The number of benzene rings is 1. The van der Waals surface area contributed by atoms with Crippen molar-refractivity contribution in [2.45, 2.75) is 26.7 Å². The fraction of sp³-hybridized carbons (Fsp3) is 0.500. The summed E-state index contributed by atoms with van der Waals surface area (Å²) in [5, 5.41) is 3.79. The third-order valence-electron chi connectivity index (χ3n) is 2.27. The molecule has 0 fully saturated rings. The second-order valence-corrected chi connectivity index (χ2v) is 5.02. The van der Waals surface area contributed by atoms with Crippen LogP contribution in [0, 0.1) is 11.7 Å². The zero-order chi connectivity index (χ0) is 12.1. The molecule has 0 unspecified atom stereocenters. The molecule has 4 heteroatoms. The van der Waals surface area contributed by atoms with Crippen LogP contribution in [0.1, 0.15) is 26.7 Å². The maximum atomic E-state index is 12.9. The lowest BCUT2D eigenvalue weighted by atomic mass is 10.1. The Labute approximate surface area is 106 Å². The standard InChI is InChI=1S/C12H16Cl2FN/c1-8(2)4-3-5-16-12-10(13)6-9(15)7-11(12)14/h6-8,16H,3-5H2,1-2H3. The lowest BCUT2D eigenvalue weighted by Gasteiger charge is -2.11. The molecule has 90 valence electrons. The summed E-state index contributed by atoms with van der Waals surface area (Å²) in [6, 6.07) is 2.52. The normalized spacial score (nSPS) is 10.9. The summed E-state index contributed by atoms with van der Waals surface area (Å²) in [4.78, 5) is 0. The van der Waals surface area contributed by atoms with Crippen LogP contribution in [-0.4, -0.2) is 6.54 Å². The van der Waals surface area contributed by atoms with Gasteiger partial charge in [0.05, 0.1) is 15.7 Å². The average Bonchev–Trinajstić information content (AvgIpc) is 2.14. The first-order valence-electron chi connectivity index (χ1n) is 5.39. The van der Waals surface area contributed by atoms with Crippen LogP contribution in [0.5, 0.6) is 0 Å². The highest BCUT2D eigenvalue weighted by Crippen LogP contribution is 2.31. The van der Waals surface area contributed by atoms with Crippen molar-refractivity contribution in [2.24, 2.45) is 5.92 Å². The lowest BCUT2D eigenvalue weighted by molar-refractivity contribution is 0.567. The SMILES string of the molecule is CC(C)CCCNc1c(Cl)cc(F)cc1Cl. The van der Waals surface area contributed by atoms with E-state index in [2.05, 4.69) is 19.2 Å². The van der Waals surface area contributed by atoms with Gasteiger partial charge < -0.3 is 5.32 Å². The highest BCUT2D eigenvalue weighted by Gasteiger charge is 2.07. The molecule has 0 radical (unpaired) electrons. The molecular weight excluding hydrogens is 248 g/mol. The van der Waals surface area contributed by atoms with Gasteiger partial charge in [-0.1, -0.05) is 37.0 Å². The monoisotopic (exact) mass is 263 g/mol. The quantitative estimate of drug-likeness (QED) is 0.739. The van der Waals surface area contributed by atoms with Crippen molar-refractivity contribution in [3.8, 4) is 0 Å². The molecule has 0 amide bonds. The second kappa shape index (κ2) is 6.31. The first-order chi connectivity index (χ1) is 7.50. The number of nitrogens with one attached hydrogen (secondary N) is 1. The zero-order valence-electron chi connectivity index (χ0n) is 9.49. The van der Waals surface area contributed by atoms with E-state index in [1.54, 1.807) is 0 Å². The van der Waals surface area contributed by atoms with E-state index >= 15 is 0 Å². The van der Waals surface area contributed by atoms with Crippen LogP contribution in [0.3, 0.4) is 0 Å². The Balaban J connectivity index is 2.54. The van der Waals surface area contributed by atoms with E-state index < -0.39 is 5.82 Å². The summed E-state index contributed by atoms with van der Waals surface area (Å²) in [7, 11) is 0. The summed E-state index contributed by atoms with van der Waals surface area (Å²) in [6.45, 7) is 5.15. The third kappa shape index (κ3) is 4.18. The van der Waals surface area contributed by atoms with Gasteiger partial charge in [-0.2, -0.15) is 0 Å². The van der Waals surface area contributed by atoms with Gasteiger partial charge >= 0.3 is 0 Å². The Hall–Kier alpha value is -0.470. The predicted molar refractivity (Wildman–Crippen MR) is 69.0 cm³/mol. The highest BCUT2D eigenvalue weighted by molar-refractivity contribution is 6.39. The largest absolute Gasteiger partial charge is 0.383 e. The van der Waals surface area contributed by atoms with Gasteiger partial charge in [0.15, 0.2) is 0 Å². The van der Waals surface area contributed by atoms with Gasteiger partial charge in [0.1, 0.15) is 5.82 Å². The molecule has 0 aromatic heterocycles. The van der Waals surface area contributed by atoms with E-state index in [1.807, 2.05) is 0 Å². The van der Waals surface area contributed by atoms with Gasteiger partial charge in [-0.25, -0.2) is 4.39 Å². The summed E-state index contributed by atoms with van der Waals surface area (Å²) in [5.74, 6) is 0.267. The molecule has 16 heavy (non-hydrogen) atoms. The maximum Gasteiger partial charge on any atom is 0.126 e. The van der Waals surface area contributed by atoms with Crippen LogP contribution in [0.2, 0.25) is 10.0 Å². The Morgan fingerprint density at radius 3 is 2.31 bits per heavy atom. The second-order valence-electron chi connectivity index (χ2n) is 4.21. The van der Waals surface area contributed by atoms with Crippen molar-refractivity contribution in [3.05, 3.63) is 28.0 Å². The van der Waals surface area contributed by atoms with E-state index in [1.165, 1.54) is 12.1 Å². The van der Waals surface area contributed by atoms with Gasteiger partial charge in [-0.05, 0) is 30.9 Å². The molecule has 0 bridgehead atoms. The summed E-state index contributed by atoms with van der Waals surface area (Å²) in [5.41, 5.74) is 0.619. The van der Waals surface area contributed by atoms with E-state index in [0.717, 1.165) is 19.4 Å². The van der Waals surface area contributed by atoms with Crippen LogP contribution in [0.25, 0.3) is 0 Å². The minimum absolute atomic E-state index is 0.328. The molecule has 0 saturated carbocycles. The number of rotatable bonds is 5. The molecule has 0 saturated heterocycles. The van der Waals surface area contributed by atoms with Gasteiger partial charge in [-0.15, -0.1) is 0 Å². The number of halogens is 3. The average molecular weight is 264 g/mol. The van der Waals surface area contributed by atoms with Crippen molar-refractivity contribution in [1.29, 1.82) is 0 Å². The van der Waals surface area contributed by atoms with E-state index in [9.17, 15) is 4.39 Å². The molecule has 0 heterocycles. The minimum atomic E-state index is -0.414. The van der Waals surface area contributed by atoms with Crippen molar-refractivity contribution in [2.75, 3.05) is 11.9 Å². The van der Waals surface area contributed by atoms with Crippen molar-refractivity contribution in [1.82, 2.24) is 0 Å². The van der Waals surface area contributed by atoms with Gasteiger partial charge in [0.25, 0.3) is 0 Å². The molecule has 1 N–H and O–H groups in total. The molecule has 1 aromatic rings. The molecule has 1 nitrogen and oxygen atoms in total. The highest BCUT2D eigenvalue weighted by atomic mass is 35.5. The fourth-order valence-corrected chi connectivity index (χ4v) is 2.03. The Kier molecular flexibility index (Phi) is 5.36. The summed E-state index contributed by atoms with van der Waals surface area (Å²) in [6.07, 6.45) is 2.19. The molecule has 0 spiro atoms. The molecule has 0 atom stereocenters. The number of anilines is 1. The van der Waals surface area contributed by atoms with Crippen LogP contribution < -0.4 is 5.32 Å². The Morgan fingerprint density at radius 2 is 1.81 bits per heavy atom. The number of hydrogen-bond donors (Lipinski definition) is 1. The molecule has 1 aromatic carbocycles. The van der Waals surface area contributed by atoms with Gasteiger partial charge in [0.2, 0.25) is 0 Å². The molecule has 0 aliphatic carbocycles. The molecule has 0 aliphatic heterocycles. The van der Waals surface area contributed by atoms with E-state index in [4.69, 9.17) is 23.2 Å². The topological polar surface area (TPSA) is 12.0 Å². The third-order valence-corrected chi connectivity index (χ3v) is 2.86. The van der Waals surface area contributed by atoms with Crippen LogP contribution in [0.4, 0.5) is 10.1 Å². The van der Waals surface area contributed by atoms with E-state index in [-0.39, 0.29) is 0 Å². The van der Waals surface area contributed by atoms with E-state index in [0.29, 0.717) is 21.7 Å². The fourth-order valence-electron chi connectivity index (χ4n) is 1.43. The Morgan fingerprint density at radius 1 is 1.25 bits per heavy atom. The lowest BCUT2D eigenvalue weighted by Crippen LogP contribution is -2.04. The van der Waals surface area contributed by atoms with Crippen LogP contribution in [-0.2, 0) is 0 Å². The first kappa shape index (κ1) is 13.6. The van der Waals surface area contributed by atoms with Crippen LogP contribution >= 0.6 is 23.2 Å². The van der Waals surface area contributed by atoms with Crippen molar-refractivity contribution >= 4 is 28.9 Å². The maximum absolute atomic E-state index is 12.9. The number of hydrogen-bond acceptors (Lipinski definition) is 1. The Bertz CT molecular complexity index is 330. The molecule has 1 rings (SSSR count). The minimum Gasteiger partial charge on any atom is -0.383 e. The zero-order valence-corrected chi connectivity index (χ0v) is 11.0. The predicted octanol–water partition coefficient (Wildman–Crippen LogP) is 4.98.